The van der Waals surface area contributed by atoms with Crippen molar-refractivity contribution in [1.29, 1.82) is 0 Å². The van der Waals surface area contributed by atoms with Crippen LogP contribution in [0.4, 0.5) is 5.00 Å². The van der Waals surface area contributed by atoms with Crippen LogP contribution < -0.4 is 5.32 Å². The van der Waals surface area contributed by atoms with Crippen LogP contribution in [0.5, 0.6) is 0 Å². The Morgan fingerprint density at radius 3 is 2.49 bits per heavy atom. The fourth-order valence-electron chi connectivity index (χ4n) is 3.99. The molecule has 8 nitrogen and oxygen atoms in total. The van der Waals surface area contributed by atoms with E-state index in [4.69, 9.17) is 21.1 Å². The molecule has 3 heterocycles. The number of amides is 1. The third-order valence-corrected chi connectivity index (χ3v) is 8.08. The van der Waals surface area contributed by atoms with Gasteiger partial charge < -0.3 is 14.8 Å². The van der Waals surface area contributed by atoms with E-state index in [1.807, 2.05) is 37.3 Å². The molecule has 5 rings (SSSR count). The standard InChI is InChI=1S/C28H22ClN3O5S2/c1-3-36-28(35)24-20(18-11-7-8-12-21(18)29)15-38-25(24)30-23(33)14-37-27(34)22-13-19-16(2)31-32(26(19)39-22)17-9-5-4-6-10-17/h4-13,15H,3,14H2,1-2H3,(H,30,33). The van der Waals surface area contributed by atoms with Crippen LogP contribution in [0.2, 0.25) is 5.02 Å². The highest BCUT2D eigenvalue weighted by Crippen LogP contribution is 2.39. The van der Waals surface area contributed by atoms with Crippen LogP contribution in [0, 0.1) is 6.92 Å². The highest BCUT2D eigenvalue weighted by molar-refractivity contribution is 7.20. The molecule has 0 aliphatic rings. The maximum atomic E-state index is 12.8. The second-order valence-corrected chi connectivity index (χ2v) is 10.7. The summed E-state index contributed by atoms with van der Waals surface area (Å²) >= 11 is 8.75. The number of carbonyl (C=O) groups is 3. The molecule has 0 atom stereocenters. The molecule has 0 spiro atoms. The number of aromatic nitrogens is 2. The van der Waals surface area contributed by atoms with Gasteiger partial charge in [0.1, 0.15) is 20.3 Å². The summed E-state index contributed by atoms with van der Waals surface area (Å²) in [5.41, 5.74) is 3.03. The SMILES string of the molecule is CCOC(=O)c1c(-c2ccccc2Cl)csc1NC(=O)COC(=O)c1cc2c(C)nn(-c3ccccc3)c2s1. The molecule has 2 aromatic carbocycles. The lowest BCUT2D eigenvalue weighted by atomic mass is 10.0. The first kappa shape index (κ1) is 26.6. The molecule has 0 fully saturated rings. The summed E-state index contributed by atoms with van der Waals surface area (Å²) in [6, 6.07) is 18.4. The number of esters is 2. The first-order chi connectivity index (χ1) is 18.9. The predicted molar refractivity (Wildman–Crippen MR) is 153 cm³/mol. The van der Waals surface area contributed by atoms with E-state index in [1.54, 1.807) is 47.3 Å². The lowest BCUT2D eigenvalue weighted by molar-refractivity contribution is -0.119. The van der Waals surface area contributed by atoms with E-state index in [9.17, 15) is 14.4 Å². The summed E-state index contributed by atoms with van der Waals surface area (Å²) in [6.07, 6.45) is 0. The van der Waals surface area contributed by atoms with Gasteiger partial charge in [-0.3, -0.25) is 4.79 Å². The summed E-state index contributed by atoms with van der Waals surface area (Å²) < 4.78 is 12.3. The molecule has 3 aromatic heterocycles. The minimum atomic E-state index is -0.626. The van der Waals surface area contributed by atoms with E-state index in [0.29, 0.717) is 21.0 Å². The van der Waals surface area contributed by atoms with Gasteiger partial charge in [-0.15, -0.1) is 22.7 Å². The lowest BCUT2D eigenvalue weighted by Gasteiger charge is -2.10. The van der Waals surface area contributed by atoms with Gasteiger partial charge in [-0.1, -0.05) is 48.0 Å². The van der Waals surface area contributed by atoms with Crippen LogP contribution in [-0.2, 0) is 14.3 Å². The van der Waals surface area contributed by atoms with Gasteiger partial charge in [0.05, 0.1) is 18.0 Å². The van der Waals surface area contributed by atoms with Crippen LogP contribution >= 0.6 is 34.3 Å². The number of ether oxygens (including phenoxy) is 2. The highest BCUT2D eigenvalue weighted by atomic mass is 35.5. The van der Waals surface area contributed by atoms with Gasteiger partial charge in [0.2, 0.25) is 0 Å². The number of anilines is 1. The summed E-state index contributed by atoms with van der Waals surface area (Å²) in [5.74, 6) is -1.80. The molecule has 0 saturated carbocycles. The first-order valence-corrected chi connectivity index (χ1v) is 14.0. The Morgan fingerprint density at radius 2 is 1.74 bits per heavy atom. The Balaban J connectivity index is 1.31. The Kier molecular flexibility index (Phi) is 7.78. The van der Waals surface area contributed by atoms with Crippen molar-refractivity contribution in [3.63, 3.8) is 0 Å². The number of carbonyl (C=O) groups excluding carboxylic acids is 3. The van der Waals surface area contributed by atoms with Gasteiger partial charge in [0.15, 0.2) is 6.61 Å². The molecule has 0 aliphatic heterocycles. The third-order valence-electron chi connectivity index (χ3n) is 5.77. The number of nitrogens with one attached hydrogen (secondary N) is 1. The van der Waals surface area contributed by atoms with E-state index in [-0.39, 0.29) is 17.2 Å². The molecule has 0 unspecified atom stereocenters. The quantitative estimate of drug-likeness (QED) is 0.204. The molecule has 0 saturated heterocycles. The zero-order valence-corrected chi connectivity index (χ0v) is 23.3. The van der Waals surface area contributed by atoms with Gasteiger partial charge in [-0.25, -0.2) is 14.3 Å². The van der Waals surface area contributed by atoms with Crippen molar-refractivity contribution in [2.24, 2.45) is 0 Å². The van der Waals surface area contributed by atoms with Gasteiger partial charge in [-0.05, 0) is 38.1 Å². The van der Waals surface area contributed by atoms with Crippen molar-refractivity contribution in [1.82, 2.24) is 9.78 Å². The fourth-order valence-corrected chi connectivity index (χ4v) is 6.27. The summed E-state index contributed by atoms with van der Waals surface area (Å²) in [6.45, 7) is 3.21. The summed E-state index contributed by atoms with van der Waals surface area (Å²) in [4.78, 5) is 39.5. The topological polar surface area (TPSA) is 99.5 Å². The smallest absolute Gasteiger partial charge is 0.348 e. The molecule has 198 valence electrons. The number of fused-ring (bicyclic) bond motifs is 1. The molecule has 0 aliphatic carbocycles. The fraction of sp³-hybridized carbons (Fsp3) is 0.143. The number of benzene rings is 2. The molecule has 11 heteroatoms. The number of para-hydroxylation sites is 1. The van der Waals surface area contributed by atoms with Crippen LogP contribution in [-0.4, -0.2) is 40.8 Å². The highest BCUT2D eigenvalue weighted by Gasteiger charge is 2.25. The number of hydrogen-bond acceptors (Lipinski definition) is 8. The molecule has 0 bridgehead atoms. The first-order valence-electron chi connectivity index (χ1n) is 11.9. The van der Waals surface area contributed by atoms with Gasteiger partial charge >= 0.3 is 11.9 Å². The zero-order chi connectivity index (χ0) is 27.5. The number of aryl methyl sites for hydroxylation is 1. The van der Waals surface area contributed by atoms with Crippen molar-refractivity contribution in [3.8, 4) is 16.8 Å². The van der Waals surface area contributed by atoms with Crippen LogP contribution in [0.15, 0.2) is 66.0 Å². The number of halogens is 1. The number of rotatable bonds is 8. The molecule has 0 radical (unpaired) electrons. The maximum Gasteiger partial charge on any atom is 0.348 e. The molecular formula is C28H22ClN3O5S2. The van der Waals surface area contributed by atoms with Gasteiger partial charge in [0.25, 0.3) is 5.91 Å². The van der Waals surface area contributed by atoms with E-state index in [1.165, 1.54) is 11.3 Å². The van der Waals surface area contributed by atoms with Crippen molar-refractivity contribution in [3.05, 3.63) is 87.2 Å². The lowest BCUT2D eigenvalue weighted by Crippen LogP contribution is -2.21. The maximum absolute atomic E-state index is 12.8. The van der Waals surface area contributed by atoms with Gasteiger partial charge in [0, 0.05) is 26.9 Å². The Morgan fingerprint density at radius 1 is 1.00 bits per heavy atom. The van der Waals surface area contributed by atoms with Gasteiger partial charge in [-0.2, -0.15) is 5.10 Å². The monoisotopic (exact) mass is 579 g/mol. The number of thiophene rings is 2. The average Bonchev–Trinajstić information content (AvgIpc) is 3.63. The molecule has 5 aromatic rings. The van der Waals surface area contributed by atoms with Crippen molar-refractivity contribution >= 4 is 67.3 Å². The molecule has 1 N–H and O–H groups in total. The average molecular weight is 580 g/mol. The summed E-state index contributed by atoms with van der Waals surface area (Å²) in [7, 11) is 0. The minimum Gasteiger partial charge on any atom is -0.462 e. The molecular weight excluding hydrogens is 558 g/mol. The number of nitrogens with zero attached hydrogens (tertiary/aromatic N) is 2. The van der Waals surface area contributed by atoms with E-state index >= 15 is 0 Å². The van der Waals surface area contributed by atoms with Crippen LogP contribution in [0.3, 0.4) is 0 Å². The van der Waals surface area contributed by atoms with E-state index < -0.39 is 24.5 Å². The largest absolute Gasteiger partial charge is 0.462 e. The van der Waals surface area contributed by atoms with Crippen LogP contribution in [0.1, 0.15) is 32.6 Å². The van der Waals surface area contributed by atoms with Crippen LogP contribution in [0.25, 0.3) is 27.0 Å². The zero-order valence-electron chi connectivity index (χ0n) is 20.9. The Labute approximate surface area is 236 Å². The normalized spacial score (nSPS) is 10.9. The minimum absolute atomic E-state index is 0.165. The summed E-state index contributed by atoms with van der Waals surface area (Å²) in [5, 5.41) is 10.6. The Hall–Kier alpha value is -3.99. The van der Waals surface area contributed by atoms with Crippen molar-refractivity contribution in [2.45, 2.75) is 13.8 Å². The molecule has 1 amide bonds. The third kappa shape index (κ3) is 5.44. The van der Waals surface area contributed by atoms with E-state index in [2.05, 4.69) is 10.4 Å². The van der Waals surface area contributed by atoms with Crippen molar-refractivity contribution < 1.29 is 23.9 Å². The van der Waals surface area contributed by atoms with Crippen molar-refractivity contribution in [2.75, 3.05) is 18.5 Å². The predicted octanol–water partition coefficient (Wildman–Crippen LogP) is 6.75. The Bertz CT molecular complexity index is 1690. The molecule has 39 heavy (non-hydrogen) atoms. The second kappa shape index (κ2) is 11.4. The number of hydrogen-bond donors (Lipinski definition) is 1. The second-order valence-electron chi connectivity index (χ2n) is 8.34. The van der Waals surface area contributed by atoms with E-state index in [0.717, 1.165) is 32.9 Å².